The van der Waals surface area contributed by atoms with Gasteiger partial charge in [-0.15, -0.1) is 0 Å². The van der Waals surface area contributed by atoms with Crippen molar-refractivity contribution >= 4 is 45.0 Å². The number of nitrogens with one attached hydrogen (secondary N) is 1. The highest BCUT2D eigenvalue weighted by Gasteiger charge is 2.14. The zero-order valence-corrected chi connectivity index (χ0v) is 15.3. The number of nitrogens with zero attached hydrogens (tertiary/aromatic N) is 1. The largest absolute Gasteiger partial charge is 0.484 e. The lowest BCUT2D eigenvalue weighted by Crippen LogP contribution is -2.37. The SMILES string of the molecule is CN(CC(=O)Nc1cccc(Cl)c1)C(=O)COc1ccc(Br)cc1. The van der Waals surface area contributed by atoms with Gasteiger partial charge in [0.15, 0.2) is 6.61 Å². The Morgan fingerprint density at radius 3 is 2.58 bits per heavy atom. The van der Waals surface area contributed by atoms with Crippen molar-refractivity contribution in [1.82, 2.24) is 4.90 Å². The number of amides is 2. The first-order valence-electron chi connectivity index (χ1n) is 7.12. The molecule has 0 radical (unpaired) electrons. The molecule has 0 aliphatic carbocycles. The van der Waals surface area contributed by atoms with Crippen LogP contribution in [-0.2, 0) is 9.59 Å². The highest BCUT2D eigenvalue weighted by atomic mass is 79.9. The summed E-state index contributed by atoms with van der Waals surface area (Å²) in [5, 5.41) is 3.21. The molecule has 0 fully saturated rings. The summed E-state index contributed by atoms with van der Waals surface area (Å²) in [6, 6.07) is 14.0. The summed E-state index contributed by atoms with van der Waals surface area (Å²) < 4.78 is 6.33. The average Bonchev–Trinajstić information content (AvgIpc) is 2.53. The third-order valence-corrected chi connectivity index (χ3v) is 3.85. The Bertz CT molecular complexity index is 722. The monoisotopic (exact) mass is 410 g/mol. The van der Waals surface area contributed by atoms with Crippen LogP contribution >= 0.6 is 27.5 Å². The number of likely N-dealkylation sites (N-methyl/N-ethyl adjacent to an activating group) is 1. The van der Waals surface area contributed by atoms with Gasteiger partial charge in [0.1, 0.15) is 5.75 Å². The lowest BCUT2D eigenvalue weighted by molar-refractivity contribution is -0.135. The van der Waals surface area contributed by atoms with Gasteiger partial charge in [-0.1, -0.05) is 33.6 Å². The van der Waals surface area contributed by atoms with Crippen molar-refractivity contribution in [2.24, 2.45) is 0 Å². The first-order chi connectivity index (χ1) is 11.4. The van der Waals surface area contributed by atoms with Gasteiger partial charge in [-0.05, 0) is 42.5 Å². The summed E-state index contributed by atoms with van der Waals surface area (Å²) in [4.78, 5) is 25.3. The van der Waals surface area contributed by atoms with Crippen LogP contribution in [0.25, 0.3) is 0 Å². The number of ether oxygens (including phenoxy) is 1. The molecule has 2 aromatic carbocycles. The molecule has 2 rings (SSSR count). The molecule has 24 heavy (non-hydrogen) atoms. The fraction of sp³-hybridized carbons (Fsp3) is 0.176. The van der Waals surface area contributed by atoms with Gasteiger partial charge in [-0.3, -0.25) is 9.59 Å². The molecule has 0 saturated heterocycles. The molecule has 5 nitrogen and oxygen atoms in total. The number of carbonyl (C=O) groups excluding carboxylic acids is 2. The fourth-order valence-corrected chi connectivity index (χ4v) is 2.31. The van der Waals surface area contributed by atoms with Gasteiger partial charge >= 0.3 is 0 Å². The number of rotatable bonds is 6. The first-order valence-corrected chi connectivity index (χ1v) is 8.29. The Labute approximate surface area is 153 Å². The molecule has 7 heteroatoms. The van der Waals surface area contributed by atoms with Crippen molar-refractivity contribution in [2.45, 2.75) is 0 Å². The first kappa shape index (κ1) is 18.3. The molecule has 0 aromatic heterocycles. The number of hydrogen-bond donors (Lipinski definition) is 1. The van der Waals surface area contributed by atoms with E-state index >= 15 is 0 Å². The molecule has 126 valence electrons. The van der Waals surface area contributed by atoms with Crippen LogP contribution in [0.4, 0.5) is 5.69 Å². The summed E-state index contributed by atoms with van der Waals surface area (Å²) in [6.45, 7) is -0.211. The molecule has 0 unspecified atom stereocenters. The molecule has 0 aliphatic rings. The van der Waals surface area contributed by atoms with Crippen molar-refractivity contribution in [3.8, 4) is 5.75 Å². The fourth-order valence-electron chi connectivity index (χ4n) is 1.86. The van der Waals surface area contributed by atoms with Crippen LogP contribution in [0.15, 0.2) is 53.0 Å². The van der Waals surface area contributed by atoms with Crippen molar-refractivity contribution in [3.63, 3.8) is 0 Å². The molecular weight excluding hydrogens is 396 g/mol. The van der Waals surface area contributed by atoms with Crippen molar-refractivity contribution in [3.05, 3.63) is 58.0 Å². The Kier molecular flexibility index (Phi) is 6.63. The Morgan fingerprint density at radius 1 is 1.21 bits per heavy atom. The molecular formula is C17H16BrClN2O3. The lowest BCUT2D eigenvalue weighted by Gasteiger charge is -2.17. The van der Waals surface area contributed by atoms with E-state index in [1.807, 2.05) is 12.1 Å². The van der Waals surface area contributed by atoms with E-state index in [9.17, 15) is 9.59 Å². The quantitative estimate of drug-likeness (QED) is 0.790. The number of carbonyl (C=O) groups is 2. The van der Waals surface area contributed by atoms with E-state index in [1.165, 1.54) is 4.90 Å². The predicted octanol–water partition coefficient (Wildman–Crippen LogP) is 3.58. The third kappa shape index (κ3) is 5.86. The van der Waals surface area contributed by atoms with E-state index in [1.54, 1.807) is 43.4 Å². The maximum absolute atomic E-state index is 12.0. The second-order valence-corrected chi connectivity index (χ2v) is 6.40. The lowest BCUT2D eigenvalue weighted by atomic mass is 10.3. The molecule has 2 amide bonds. The second kappa shape index (κ2) is 8.70. The number of anilines is 1. The summed E-state index contributed by atoms with van der Waals surface area (Å²) in [7, 11) is 1.55. The number of halogens is 2. The minimum absolute atomic E-state index is 0.0744. The minimum atomic E-state index is -0.309. The zero-order chi connectivity index (χ0) is 17.5. The molecule has 1 N–H and O–H groups in total. The molecule has 0 bridgehead atoms. The zero-order valence-electron chi connectivity index (χ0n) is 13.0. The highest BCUT2D eigenvalue weighted by Crippen LogP contribution is 2.16. The molecule has 0 saturated carbocycles. The van der Waals surface area contributed by atoms with Crippen molar-refractivity contribution in [2.75, 3.05) is 25.5 Å². The number of benzene rings is 2. The molecule has 0 atom stereocenters. The van der Waals surface area contributed by atoms with Gasteiger partial charge in [0.2, 0.25) is 5.91 Å². The van der Waals surface area contributed by atoms with Crippen LogP contribution in [-0.4, -0.2) is 36.9 Å². The van der Waals surface area contributed by atoms with Gasteiger partial charge in [0, 0.05) is 22.2 Å². The van der Waals surface area contributed by atoms with Gasteiger partial charge in [0.25, 0.3) is 5.91 Å². The summed E-state index contributed by atoms with van der Waals surface area (Å²) in [5.41, 5.74) is 0.583. The molecule has 2 aromatic rings. The average molecular weight is 412 g/mol. The Morgan fingerprint density at radius 2 is 1.92 bits per heavy atom. The van der Waals surface area contributed by atoms with Crippen LogP contribution in [0, 0.1) is 0 Å². The molecule has 0 aliphatic heterocycles. The Hall–Kier alpha value is -2.05. The van der Waals surface area contributed by atoms with Crippen LogP contribution < -0.4 is 10.1 Å². The van der Waals surface area contributed by atoms with Crippen LogP contribution in [0.5, 0.6) is 5.75 Å². The second-order valence-electron chi connectivity index (χ2n) is 5.05. The van der Waals surface area contributed by atoms with E-state index in [2.05, 4.69) is 21.2 Å². The number of hydrogen-bond acceptors (Lipinski definition) is 3. The topological polar surface area (TPSA) is 58.6 Å². The molecule has 0 heterocycles. The Balaban J connectivity index is 1.80. The van der Waals surface area contributed by atoms with E-state index in [-0.39, 0.29) is 25.0 Å². The maximum Gasteiger partial charge on any atom is 0.260 e. The predicted molar refractivity (Wildman–Crippen MR) is 97.4 cm³/mol. The van der Waals surface area contributed by atoms with Crippen LogP contribution in [0.1, 0.15) is 0 Å². The minimum Gasteiger partial charge on any atom is -0.484 e. The molecule has 0 spiro atoms. The maximum atomic E-state index is 12.0. The van der Waals surface area contributed by atoms with Crippen molar-refractivity contribution in [1.29, 1.82) is 0 Å². The van der Waals surface area contributed by atoms with Gasteiger partial charge in [0.05, 0.1) is 6.54 Å². The van der Waals surface area contributed by atoms with Crippen molar-refractivity contribution < 1.29 is 14.3 Å². The standard InChI is InChI=1S/C17H16BrClN2O3/c1-21(10-16(22)20-14-4-2-3-13(19)9-14)17(23)11-24-15-7-5-12(18)6-8-15/h2-9H,10-11H2,1H3,(H,20,22). The van der Waals surface area contributed by atoms with E-state index in [4.69, 9.17) is 16.3 Å². The normalized spacial score (nSPS) is 10.1. The van der Waals surface area contributed by atoms with Crippen LogP contribution in [0.3, 0.4) is 0 Å². The van der Waals surface area contributed by atoms with E-state index < -0.39 is 0 Å². The van der Waals surface area contributed by atoms with E-state index in [0.29, 0.717) is 16.5 Å². The van der Waals surface area contributed by atoms with Gasteiger partial charge in [-0.25, -0.2) is 0 Å². The van der Waals surface area contributed by atoms with Gasteiger partial charge in [-0.2, -0.15) is 0 Å². The van der Waals surface area contributed by atoms with Crippen LogP contribution in [0.2, 0.25) is 5.02 Å². The third-order valence-electron chi connectivity index (χ3n) is 3.09. The highest BCUT2D eigenvalue weighted by molar-refractivity contribution is 9.10. The smallest absolute Gasteiger partial charge is 0.260 e. The summed E-state index contributed by atoms with van der Waals surface area (Å²) in [5.74, 6) is -0.0146. The van der Waals surface area contributed by atoms with Gasteiger partial charge < -0.3 is 15.0 Å². The summed E-state index contributed by atoms with van der Waals surface area (Å²) >= 11 is 9.18. The van der Waals surface area contributed by atoms with E-state index in [0.717, 1.165) is 4.47 Å². The summed E-state index contributed by atoms with van der Waals surface area (Å²) in [6.07, 6.45) is 0.